The Balaban J connectivity index is 3.05. The third kappa shape index (κ3) is 3.64. The topological polar surface area (TPSA) is 12.0 Å². The Morgan fingerprint density at radius 3 is 2.50 bits per heavy atom. The predicted octanol–water partition coefficient (Wildman–Crippen LogP) is 4.28. The highest BCUT2D eigenvalue weighted by molar-refractivity contribution is 5.29. The summed E-state index contributed by atoms with van der Waals surface area (Å²) >= 11 is 0. The van der Waals surface area contributed by atoms with Crippen LogP contribution in [0.5, 0.6) is 0 Å². The lowest BCUT2D eigenvalue weighted by Crippen LogP contribution is -2.22. The lowest BCUT2D eigenvalue weighted by molar-refractivity contribution is 0.497. The molecule has 0 saturated heterocycles. The minimum atomic E-state index is -0.499. The molecule has 0 aliphatic rings. The van der Waals surface area contributed by atoms with Gasteiger partial charge in [0, 0.05) is 17.7 Å². The molecule has 1 rings (SSSR count). The molecule has 0 radical (unpaired) electrons. The average Bonchev–Trinajstić information content (AvgIpc) is 2.33. The molecule has 18 heavy (non-hydrogen) atoms. The van der Waals surface area contributed by atoms with Gasteiger partial charge in [0.05, 0.1) is 0 Å². The molecule has 0 aromatic heterocycles. The van der Waals surface area contributed by atoms with Gasteiger partial charge in [-0.1, -0.05) is 26.0 Å². The third-order valence-electron chi connectivity index (χ3n) is 3.10. The molecule has 0 fully saturated rings. The molecule has 0 aliphatic heterocycles. The van der Waals surface area contributed by atoms with Gasteiger partial charge in [-0.25, -0.2) is 8.78 Å². The standard InChI is InChI=1S/C15H21F2N/c1-5-10(3)7-15(18-6-2)12-8-11(4)13(16)9-14(12)17/h8-9,15,18H,3,5-7H2,1-2,4H3. The van der Waals surface area contributed by atoms with Crippen LogP contribution < -0.4 is 5.32 Å². The van der Waals surface area contributed by atoms with Gasteiger partial charge in [-0.15, -0.1) is 0 Å². The summed E-state index contributed by atoms with van der Waals surface area (Å²) in [6.45, 7) is 10.3. The van der Waals surface area contributed by atoms with E-state index >= 15 is 0 Å². The van der Waals surface area contributed by atoms with Crippen LogP contribution in [-0.2, 0) is 0 Å². The van der Waals surface area contributed by atoms with E-state index in [2.05, 4.69) is 11.9 Å². The molecule has 0 bridgehead atoms. The summed E-state index contributed by atoms with van der Waals surface area (Å²) in [7, 11) is 0. The monoisotopic (exact) mass is 253 g/mol. The molecule has 1 aromatic carbocycles. The van der Waals surface area contributed by atoms with Crippen molar-refractivity contribution in [3.8, 4) is 0 Å². The van der Waals surface area contributed by atoms with E-state index in [9.17, 15) is 8.78 Å². The highest BCUT2D eigenvalue weighted by Gasteiger charge is 2.17. The lowest BCUT2D eigenvalue weighted by Gasteiger charge is -2.20. The smallest absolute Gasteiger partial charge is 0.130 e. The van der Waals surface area contributed by atoms with Crippen molar-refractivity contribution >= 4 is 0 Å². The molecule has 1 nitrogen and oxygen atoms in total. The molecule has 0 saturated carbocycles. The lowest BCUT2D eigenvalue weighted by atomic mass is 9.96. The van der Waals surface area contributed by atoms with Gasteiger partial charge in [0.25, 0.3) is 0 Å². The van der Waals surface area contributed by atoms with Crippen molar-refractivity contribution in [1.82, 2.24) is 5.32 Å². The maximum Gasteiger partial charge on any atom is 0.130 e. The SMILES string of the molecule is C=C(CC)CC(NCC)c1cc(C)c(F)cc1F. The normalized spacial score (nSPS) is 12.5. The fourth-order valence-electron chi connectivity index (χ4n) is 1.92. The molecule has 1 atom stereocenters. The van der Waals surface area contributed by atoms with E-state index < -0.39 is 11.6 Å². The first-order valence-electron chi connectivity index (χ1n) is 6.35. The summed E-state index contributed by atoms with van der Waals surface area (Å²) in [5.41, 5.74) is 2.05. The highest BCUT2D eigenvalue weighted by Crippen LogP contribution is 2.26. The van der Waals surface area contributed by atoms with E-state index in [1.807, 2.05) is 13.8 Å². The summed E-state index contributed by atoms with van der Waals surface area (Å²) in [6, 6.07) is 2.41. The molecule has 3 heteroatoms. The predicted molar refractivity (Wildman–Crippen MR) is 71.6 cm³/mol. The fraction of sp³-hybridized carbons (Fsp3) is 0.467. The van der Waals surface area contributed by atoms with Crippen LogP contribution in [0.15, 0.2) is 24.3 Å². The average molecular weight is 253 g/mol. The van der Waals surface area contributed by atoms with Gasteiger partial charge in [0.2, 0.25) is 0 Å². The molecule has 100 valence electrons. The second-order valence-corrected chi connectivity index (χ2v) is 4.54. The van der Waals surface area contributed by atoms with E-state index in [0.29, 0.717) is 17.5 Å². The number of benzene rings is 1. The van der Waals surface area contributed by atoms with Crippen molar-refractivity contribution in [3.05, 3.63) is 47.0 Å². The van der Waals surface area contributed by atoms with Crippen LogP contribution in [0.2, 0.25) is 0 Å². The molecular weight excluding hydrogens is 232 g/mol. The second-order valence-electron chi connectivity index (χ2n) is 4.54. The van der Waals surface area contributed by atoms with Crippen LogP contribution in [0.25, 0.3) is 0 Å². The molecule has 1 aromatic rings. The van der Waals surface area contributed by atoms with Gasteiger partial charge in [0.15, 0.2) is 0 Å². The van der Waals surface area contributed by atoms with E-state index in [1.54, 1.807) is 13.0 Å². The Labute approximate surface area is 108 Å². The molecule has 0 heterocycles. The number of halogens is 2. The number of hydrogen-bond acceptors (Lipinski definition) is 1. The molecule has 0 amide bonds. The van der Waals surface area contributed by atoms with Crippen LogP contribution in [0, 0.1) is 18.6 Å². The van der Waals surface area contributed by atoms with E-state index in [1.165, 1.54) is 0 Å². The number of nitrogens with one attached hydrogen (secondary N) is 1. The van der Waals surface area contributed by atoms with Gasteiger partial charge < -0.3 is 5.32 Å². The Bertz CT molecular complexity index is 427. The summed E-state index contributed by atoms with van der Waals surface area (Å²) in [5.74, 6) is -0.992. The van der Waals surface area contributed by atoms with Crippen molar-refractivity contribution in [3.63, 3.8) is 0 Å². The molecule has 1 N–H and O–H groups in total. The van der Waals surface area contributed by atoms with Gasteiger partial charge in [0.1, 0.15) is 11.6 Å². The molecule has 1 unspecified atom stereocenters. The zero-order valence-electron chi connectivity index (χ0n) is 11.3. The quantitative estimate of drug-likeness (QED) is 0.746. The first kappa shape index (κ1) is 14.8. The number of hydrogen-bond donors (Lipinski definition) is 1. The summed E-state index contributed by atoms with van der Waals surface area (Å²) < 4.78 is 27.1. The van der Waals surface area contributed by atoms with E-state index in [4.69, 9.17) is 0 Å². The van der Waals surface area contributed by atoms with Crippen molar-refractivity contribution in [2.24, 2.45) is 0 Å². The second kappa shape index (κ2) is 6.64. The highest BCUT2D eigenvalue weighted by atomic mass is 19.1. The minimum absolute atomic E-state index is 0.137. The van der Waals surface area contributed by atoms with Crippen LogP contribution >= 0.6 is 0 Å². The summed E-state index contributed by atoms with van der Waals surface area (Å²) in [5, 5.41) is 3.23. The first-order chi connectivity index (χ1) is 8.49. The number of aryl methyl sites for hydroxylation is 1. The zero-order valence-corrected chi connectivity index (χ0v) is 11.3. The maximum absolute atomic E-state index is 13.8. The number of rotatable bonds is 6. The summed E-state index contributed by atoms with van der Waals surface area (Å²) in [4.78, 5) is 0. The maximum atomic E-state index is 13.8. The first-order valence-corrected chi connectivity index (χ1v) is 6.35. The molecule has 0 spiro atoms. The fourth-order valence-corrected chi connectivity index (χ4v) is 1.92. The van der Waals surface area contributed by atoms with Gasteiger partial charge in [-0.2, -0.15) is 0 Å². The third-order valence-corrected chi connectivity index (χ3v) is 3.10. The van der Waals surface area contributed by atoms with Crippen molar-refractivity contribution < 1.29 is 8.78 Å². The molecular formula is C15H21F2N. The van der Waals surface area contributed by atoms with E-state index in [0.717, 1.165) is 24.6 Å². The van der Waals surface area contributed by atoms with Crippen LogP contribution in [0.4, 0.5) is 8.78 Å². The van der Waals surface area contributed by atoms with Crippen molar-refractivity contribution in [2.75, 3.05) is 6.54 Å². The van der Waals surface area contributed by atoms with Crippen LogP contribution in [-0.4, -0.2) is 6.54 Å². The van der Waals surface area contributed by atoms with Gasteiger partial charge >= 0.3 is 0 Å². The Hall–Kier alpha value is -1.22. The minimum Gasteiger partial charge on any atom is -0.310 e. The Morgan fingerprint density at radius 1 is 1.28 bits per heavy atom. The zero-order chi connectivity index (χ0) is 13.7. The Morgan fingerprint density at radius 2 is 1.94 bits per heavy atom. The van der Waals surface area contributed by atoms with Crippen molar-refractivity contribution in [2.45, 2.75) is 39.7 Å². The largest absolute Gasteiger partial charge is 0.310 e. The van der Waals surface area contributed by atoms with Gasteiger partial charge in [-0.3, -0.25) is 0 Å². The Kier molecular flexibility index (Phi) is 5.48. The van der Waals surface area contributed by atoms with Crippen LogP contribution in [0.3, 0.4) is 0 Å². The van der Waals surface area contributed by atoms with Gasteiger partial charge in [-0.05, 0) is 37.9 Å². The van der Waals surface area contributed by atoms with E-state index in [-0.39, 0.29) is 6.04 Å². The summed E-state index contributed by atoms with van der Waals surface area (Å²) in [6.07, 6.45) is 1.54. The van der Waals surface area contributed by atoms with Crippen LogP contribution in [0.1, 0.15) is 43.9 Å². The van der Waals surface area contributed by atoms with Crippen molar-refractivity contribution in [1.29, 1.82) is 0 Å². The molecule has 0 aliphatic carbocycles.